The second kappa shape index (κ2) is 8.91. The lowest BCUT2D eigenvalue weighted by Crippen LogP contribution is -2.27. The van der Waals surface area contributed by atoms with E-state index in [1.807, 2.05) is 38.1 Å². The monoisotopic (exact) mass is 560 g/mol. The molecular formula is C23H17IN2O5S. The Morgan fingerprint density at radius 1 is 1.09 bits per heavy atom. The Hall–Kier alpha value is -2.92. The molecule has 1 fully saturated rings. The van der Waals surface area contributed by atoms with E-state index in [9.17, 15) is 19.7 Å². The van der Waals surface area contributed by atoms with E-state index < -0.39 is 10.8 Å². The summed E-state index contributed by atoms with van der Waals surface area (Å²) in [6.45, 7) is 3.87. The summed E-state index contributed by atoms with van der Waals surface area (Å²) < 4.78 is 6.86. The number of furan rings is 1. The molecule has 0 atom stereocenters. The number of halogens is 1. The van der Waals surface area contributed by atoms with E-state index in [2.05, 4.69) is 22.6 Å². The molecular weight excluding hydrogens is 543 g/mol. The Kier molecular flexibility index (Phi) is 6.20. The number of nitrogens with zero attached hydrogens (tertiary/aromatic N) is 2. The summed E-state index contributed by atoms with van der Waals surface area (Å²) in [6.07, 6.45) is 1.50. The molecule has 1 aliphatic rings. The van der Waals surface area contributed by atoms with Crippen molar-refractivity contribution in [2.45, 2.75) is 20.4 Å². The first-order valence-electron chi connectivity index (χ1n) is 9.58. The van der Waals surface area contributed by atoms with E-state index in [0.717, 1.165) is 32.0 Å². The zero-order valence-corrected chi connectivity index (χ0v) is 20.1. The number of amides is 2. The second-order valence-electron chi connectivity index (χ2n) is 7.31. The average molecular weight is 560 g/mol. The summed E-state index contributed by atoms with van der Waals surface area (Å²) in [6, 6.07) is 14.1. The third kappa shape index (κ3) is 4.49. The van der Waals surface area contributed by atoms with Gasteiger partial charge in [-0.05, 0) is 95.2 Å². The highest BCUT2D eigenvalue weighted by atomic mass is 127. The molecule has 1 aromatic heterocycles. The maximum atomic E-state index is 12.8. The van der Waals surface area contributed by atoms with Crippen LogP contribution in [-0.2, 0) is 11.3 Å². The normalized spacial score (nSPS) is 15.1. The zero-order valence-electron chi connectivity index (χ0n) is 17.1. The average Bonchev–Trinajstić information content (AvgIpc) is 3.31. The fourth-order valence-corrected chi connectivity index (χ4v) is 4.44. The topological polar surface area (TPSA) is 93.7 Å². The maximum absolute atomic E-state index is 12.8. The number of imide groups is 1. The van der Waals surface area contributed by atoms with Crippen LogP contribution in [0.5, 0.6) is 0 Å². The van der Waals surface area contributed by atoms with Crippen molar-refractivity contribution < 1.29 is 18.9 Å². The van der Waals surface area contributed by atoms with Gasteiger partial charge in [-0.2, -0.15) is 0 Å². The van der Waals surface area contributed by atoms with Crippen LogP contribution in [0.4, 0.5) is 10.5 Å². The molecule has 1 saturated heterocycles. The maximum Gasteiger partial charge on any atom is 0.293 e. The van der Waals surface area contributed by atoms with Gasteiger partial charge in [-0.15, -0.1) is 0 Å². The largest absolute Gasteiger partial charge is 0.456 e. The third-order valence-electron chi connectivity index (χ3n) is 5.10. The van der Waals surface area contributed by atoms with Gasteiger partial charge in [0.1, 0.15) is 11.5 Å². The van der Waals surface area contributed by atoms with E-state index in [-0.39, 0.29) is 22.4 Å². The fourth-order valence-electron chi connectivity index (χ4n) is 3.26. The Morgan fingerprint density at radius 2 is 1.78 bits per heavy atom. The lowest BCUT2D eigenvalue weighted by molar-refractivity contribution is -0.384. The molecule has 3 aromatic rings. The smallest absolute Gasteiger partial charge is 0.293 e. The highest BCUT2D eigenvalue weighted by Crippen LogP contribution is 2.36. The predicted molar refractivity (Wildman–Crippen MR) is 131 cm³/mol. The van der Waals surface area contributed by atoms with Crippen molar-refractivity contribution in [1.29, 1.82) is 0 Å². The number of hydrogen-bond acceptors (Lipinski definition) is 6. The van der Waals surface area contributed by atoms with Gasteiger partial charge in [0.2, 0.25) is 0 Å². The van der Waals surface area contributed by atoms with E-state index in [1.54, 1.807) is 18.2 Å². The molecule has 2 amide bonds. The van der Waals surface area contributed by atoms with E-state index in [1.165, 1.54) is 17.0 Å². The highest BCUT2D eigenvalue weighted by Gasteiger charge is 2.35. The Labute approximate surface area is 201 Å². The van der Waals surface area contributed by atoms with Gasteiger partial charge in [-0.3, -0.25) is 24.6 Å². The molecule has 0 radical (unpaired) electrons. The molecule has 2 heterocycles. The Bertz CT molecular complexity index is 1280. The number of benzene rings is 2. The van der Waals surface area contributed by atoms with E-state index in [0.29, 0.717) is 17.1 Å². The van der Waals surface area contributed by atoms with Gasteiger partial charge in [0, 0.05) is 15.7 Å². The van der Waals surface area contributed by atoms with Crippen molar-refractivity contribution in [2.24, 2.45) is 0 Å². The molecule has 0 aliphatic carbocycles. The van der Waals surface area contributed by atoms with Crippen LogP contribution in [0, 0.1) is 27.5 Å². The van der Waals surface area contributed by atoms with Crippen LogP contribution in [0.15, 0.2) is 57.9 Å². The number of aryl methyl sites for hydroxylation is 2. The van der Waals surface area contributed by atoms with E-state index in [4.69, 9.17) is 4.42 Å². The SMILES string of the molecule is Cc1cc(-c2ccc(/C=C3\SC(=O)N(Cc4ccc(I)cc4)C3=O)o2)c([N+](=O)[O-])cc1C. The summed E-state index contributed by atoms with van der Waals surface area (Å²) in [7, 11) is 0. The molecule has 0 saturated carbocycles. The molecule has 162 valence electrons. The molecule has 32 heavy (non-hydrogen) atoms. The van der Waals surface area contributed by atoms with Gasteiger partial charge >= 0.3 is 0 Å². The number of hydrogen-bond donors (Lipinski definition) is 0. The quantitative estimate of drug-likeness (QED) is 0.157. The Balaban J connectivity index is 1.59. The minimum atomic E-state index is -0.445. The predicted octanol–water partition coefficient (Wildman–Crippen LogP) is 6.31. The van der Waals surface area contributed by atoms with Gasteiger partial charge in [-0.25, -0.2) is 0 Å². The zero-order chi connectivity index (χ0) is 23.0. The third-order valence-corrected chi connectivity index (χ3v) is 6.73. The minimum Gasteiger partial charge on any atom is -0.456 e. The number of rotatable bonds is 5. The molecule has 1 aliphatic heterocycles. The van der Waals surface area contributed by atoms with Gasteiger partial charge in [0.15, 0.2) is 0 Å². The first kappa shape index (κ1) is 22.3. The van der Waals surface area contributed by atoms with Crippen LogP contribution in [0.3, 0.4) is 0 Å². The van der Waals surface area contributed by atoms with Gasteiger partial charge in [0.05, 0.1) is 21.9 Å². The molecule has 9 heteroatoms. The molecule has 0 N–H and O–H groups in total. The molecule has 0 spiro atoms. The first-order valence-corrected chi connectivity index (χ1v) is 11.5. The number of carbonyl (C=O) groups excluding carboxylic acids is 2. The molecule has 7 nitrogen and oxygen atoms in total. The lowest BCUT2D eigenvalue weighted by atomic mass is 10.0. The van der Waals surface area contributed by atoms with Crippen LogP contribution < -0.4 is 0 Å². The van der Waals surface area contributed by atoms with Gasteiger partial charge < -0.3 is 4.42 Å². The summed E-state index contributed by atoms with van der Waals surface area (Å²) in [4.78, 5) is 37.7. The summed E-state index contributed by atoms with van der Waals surface area (Å²) in [5.74, 6) is 0.269. The standard InChI is InChI=1S/C23H17IN2O5S/c1-13-9-18(19(26(29)30)10-14(13)2)20-8-7-17(31-20)11-21-22(27)25(23(28)32-21)12-15-3-5-16(24)6-4-15/h3-11H,12H2,1-2H3/b21-11-. The number of thioether (sulfide) groups is 1. The van der Waals surface area contributed by atoms with Crippen LogP contribution in [0.2, 0.25) is 0 Å². The molecule has 2 aromatic carbocycles. The van der Waals surface area contributed by atoms with Crippen molar-refractivity contribution in [2.75, 3.05) is 0 Å². The van der Waals surface area contributed by atoms with Gasteiger partial charge in [0.25, 0.3) is 16.8 Å². The van der Waals surface area contributed by atoms with E-state index >= 15 is 0 Å². The van der Waals surface area contributed by atoms with Crippen molar-refractivity contribution in [3.05, 3.63) is 89.6 Å². The van der Waals surface area contributed by atoms with Crippen LogP contribution in [0.25, 0.3) is 17.4 Å². The summed E-state index contributed by atoms with van der Waals surface area (Å²) >= 11 is 3.04. The van der Waals surface area contributed by atoms with Crippen molar-refractivity contribution >= 4 is 57.3 Å². The van der Waals surface area contributed by atoms with Gasteiger partial charge in [-0.1, -0.05) is 12.1 Å². The number of nitro groups is 1. The molecule has 0 bridgehead atoms. The number of nitro benzene ring substituents is 1. The lowest BCUT2D eigenvalue weighted by Gasteiger charge is -2.12. The minimum absolute atomic E-state index is 0.0492. The molecule has 0 unspecified atom stereocenters. The van der Waals surface area contributed by atoms with Crippen molar-refractivity contribution in [3.8, 4) is 11.3 Å². The second-order valence-corrected chi connectivity index (χ2v) is 9.55. The van der Waals surface area contributed by atoms with Crippen LogP contribution in [0.1, 0.15) is 22.5 Å². The van der Waals surface area contributed by atoms with Crippen molar-refractivity contribution in [1.82, 2.24) is 4.90 Å². The highest BCUT2D eigenvalue weighted by molar-refractivity contribution is 14.1. The Morgan fingerprint density at radius 3 is 2.47 bits per heavy atom. The van der Waals surface area contributed by atoms with Crippen molar-refractivity contribution in [3.63, 3.8) is 0 Å². The van der Waals surface area contributed by atoms with Crippen LogP contribution >= 0.6 is 34.4 Å². The summed E-state index contributed by atoms with van der Waals surface area (Å²) in [5.41, 5.74) is 2.89. The molecule has 4 rings (SSSR count). The first-order chi connectivity index (χ1) is 15.2. The number of carbonyl (C=O) groups is 2. The fraction of sp³-hybridized carbons (Fsp3) is 0.130. The van der Waals surface area contributed by atoms with Crippen LogP contribution in [-0.4, -0.2) is 21.0 Å². The summed E-state index contributed by atoms with van der Waals surface area (Å²) in [5, 5.41) is 11.1.